The topological polar surface area (TPSA) is 46.2 Å². The molecular weight excluding hydrogens is 466 g/mol. The third-order valence-corrected chi connectivity index (χ3v) is 11.3. The Morgan fingerprint density at radius 1 is 0.724 bits per heavy atom. The molecule has 0 saturated heterocycles. The van der Waals surface area contributed by atoms with Gasteiger partial charge in [-0.05, 0) is 62.4 Å². The molecule has 6 heteroatoms. The van der Waals surface area contributed by atoms with Crippen molar-refractivity contribution in [3.8, 4) is 0 Å². The Kier molecular flexibility index (Phi) is 7.22. The lowest BCUT2D eigenvalue weighted by atomic mass is 10.2. The van der Waals surface area contributed by atoms with Gasteiger partial charge in [-0.15, -0.1) is 10.2 Å². The molecule has 0 saturated carbocycles. The molecule has 3 rings (SSSR count). The van der Waals surface area contributed by atoms with E-state index in [0.717, 1.165) is 38.4 Å². The minimum atomic E-state index is -3.70. The number of nitrogens with one attached hydrogen (secondary N) is 1. The molecule has 0 aliphatic carbocycles. The van der Waals surface area contributed by atoms with Crippen molar-refractivity contribution in [3.63, 3.8) is 0 Å². The van der Waals surface area contributed by atoms with Gasteiger partial charge in [-0.2, -0.15) is 4.13 Å². The first-order valence-electron chi connectivity index (χ1n) is 9.46. The summed E-state index contributed by atoms with van der Waals surface area (Å²) < 4.78 is 30.0. The summed E-state index contributed by atoms with van der Waals surface area (Å²) in [6, 6.07) is 25.2. The van der Waals surface area contributed by atoms with E-state index in [0.29, 0.717) is 4.90 Å². The van der Waals surface area contributed by atoms with E-state index in [2.05, 4.69) is 32.2 Å². The zero-order chi connectivity index (χ0) is 20.9. The van der Waals surface area contributed by atoms with Gasteiger partial charge in [-0.25, -0.2) is 8.42 Å². The maximum atomic E-state index is 13.4. The maximum Gasteiger partial charge on any atom is 0.248 e. The van der Waals surface area contributed by atoms with Crippen LogP contribution in [0, 0.1) is 13.8 Å². The second-order valence-electron chi connectivity index (χ2n) is 7.01. The van der Waals surface area contributed by atoms with Crippen LogP contribution in [0.4, 0.5) is 0 Å². The van der Waals surface area contributed by atoms with Crippen molar-refractivity contribution in [1.29, 1.82) is 0 Å². The van der Waals surface area contributed by atoms with E-state index in [1.807, 2.05) is 68.4 Å². The van der Waals surface area contributed by atoms with Crippen LogP contribution in [0.1, 0.15) is 17.5 Å². The number of benzene rings is 3. The fourth-order valence-electron chi connectivity index (χ4n) is 3.16. The van der Waals surface area contributed by atoms with E-state index < -0.39 is 20.2 Å². The molecule has 0 amide bonds. The van der Waals surface area contributed by atoms with Crippen LogP contribution in [-0.2, 0) is 10.0 Å². The summed E-state index contributed by atoms with van der Waals surface area (Å²) in [6.07, 6.45) is 0.856. The number of rotatable bonds is 8. The molecule has 0 bridgehead atoms. The van der Waals surface area contributed by atoms with Gasteiger partial charge in [0.2, 0.25) is 10.0 Å². The van der Waals surface area contributed by atoms with E-state index in [-0.39, 0.29) is 0 Å². The SMILES string of the molecule is Cc1ccc(S(CCCBr)(NS(=O)(=O)c2ccc(C)cc2)c2ccccc2)cc1. The minimum absolute atomic E-state index is 0.293. The lowest BCUT2D eigenvalue weighted by Gasteiger charge is -2.41. The highest BCUT2D eigenvalue weighted by atomic mass is 79.9. The van der Waals surface area contributed by atoms with Crippen LogP contribution < -0.4 is 4.13 Å². The maximum absolute atomic E-state index is 13.4. The van der Waals surface area contributed by atoms with Crippen LogP contribution >= 0.6 is 26.1 Å². The third kappa shape index (κ3) is 5.12. The lowest BCUT2D eigenvalue weighted by Crippen LogP contribution is -2.30. The Morgan fingerprint density at radius 2 is 1.21 bits per heavy atom. The molecule has 0 fully saturated rings. The van der Waals surface area contributed by atoms with Crippen molar-refractivity contribution in [1.82, 2.24) is 4.13 Å². The summed E-state index contributed by atoms with van der Waals surface area (Å²) in [6.45, 7) is 3.99. The Balaban J connectivity index is 2.17. The summed E-state index contributed by atoms with van der Waals surface area (Å²) >= 11 is 3.53. The summed E-state index contributed by atoms with van der Waals surface area (Å²) in [4.78, 5) is 2.33. The van der Waals surface area contributed by atoms with Gasteiger partial charge >= 0.3 is 0 Å². The Labute approximate surface area is 184 Å². The van der Waals surface area contributed by atoms with Gasteiger partial charge in [0.15, 0.2) is 0 Å². The fourth-order valence-corrected chi connectivity index (χ4v) is 9.83. The molecule has 3 aromatic rings. The average Bonchev–Trinajstić information content (AvgIpc) is 2.72. The van der Waals surface area contributed by atoms with Crippen LogP contribution in [0.3, 0.4) is 0 Å². The second kappa shape index (κ2) is 9.47. The first-order valence-corrected chi connectivity index (χ1v) is 13.9. The van der Waals surface area contributed by atoms with Gasteiger partial charge in [0.05, 0.1) is 4.90 Å². The van der Waals surface area contributed by atoms with Crippen LogP contribution in [0.15, 0.2) is 93.5 Å². The average molecular weight is 493 g/mol. The Hall–Kier alpha value is -1.60. The molecular formula is C23H26BrNO2S2. The molecule has 3 aromatic carbocycles. The normalized spacial score (nSPS) is 14.9. The van der Waals surface area contributed by atoms with E-state index in [1.54, 1.807) is 12.1 Å². The first kappa shape index (κ1) is 22.1. The number of aryl methyl sites for hydroxylation is 2. The van der Waals surface area contributed by atoms with Gasteiger partial charge < -0.3 is 0 Å². The van der Waals surface area contributed by atoms with Crippen molar-refractivity contribution in [2.24, 2.45) is 0 Å². The third-order valence-electron chi connectivity index (χ3n) is 4.74. The van der Waals surface area contributed by atoms with Gasteiger partial charge in [-0.1, -0.05) is 69.5 Å². The number of sulfonamides is 1. The summed E-state index contributed by atoms with van der Waals surface area (Å²) in [5.74, 6) is 0.719. The molecule has 29 heavy (non-hydrogen) atoms. The molecule has 1 atom stereocenters. The molecule has 0 aliphatic heterocycles. The van der Waals surface area contributed by atoms with Crippen LogP contribution in [-0.4, -0.2) is 19.5 Å². The quantitative estimate of drug-likeness (QED) is 0.381. The Morgan fingerprint density at radius 3 is 1.72 bits per heavy atom. The molecule has 1 unspecified atom stereocenters. The predicted octanol–water partition coefficient (Wildman–Crippen LogP) is 6.20. The lowest BCUT2D eigenvalue weighted by molar-refractivity contribution is 0.594. The van der Waals surface area contributed by atoms with Crippen LogP contribution in [0.2, 0.25) is 0 Å². The number of halogens is 1. The van der Waals surface area contributed by atoms with Crippen molar-refractivity contribution >= 4 is 36.2 Å². The van der Waals surface area contributed by atoms with Crippen molar-refractivity contribution in [3.05, 3.63) is 90.0 Å². The summed E-state index contributed by atoms with van der Waals surface area (Å²) in [7, 11) is -5.72. The number of hydrogen-bond acceptors (Lipinski definition) is 2. The van der Waals surface area contributed by atoms with Crippen molar-refractivity contribution in [2.45, 2.75) is 35.0 Å². The minimum Gasteiger partial charge on any atom is -0.206 e. The Bertz CT molecular complexity index is 1040. The molecule has 0 aliphatic rings. The molecule has 0 radical (unpaired) electrons. The standard InChI is InChI=1S/C23H26BrNO2S2/c1-19-9-13-22(14-10-19)28(18-6-17-24,21-7-4-3-5-8-21)25-29(26,27)23-15-11-20(2)12-16-23/h3-5,7-16,25H,6,17-18H2,1-2H3. The summed E-state index contributed by atoms with van der Waals surface area (Å²) in [5, 5.41) is 0.812. The molecule has 0 aromatic heterocycles. The zero-order valence-electron chi connectivity index (χ0n) is 16.6. The largest absolute Gasteiger partial charge is 0.248 e. The van der Waals surface area contributed by atoms with E-state index in [4.69, 9.17) is 0 Å². The number of hydrogen-bond donors (Lipinski definition) is 1. The van der Waals surface area contributed by atoms with E-state index in [1.165, 1.54) is 0 Å². The summed E-state index contributed by atoms with van der Waals surface area (Å²) in [5.41, 5.74) is 2.18. The highest BCUT2D eigenvalue weighted by Gasteiger charge is 2.33. The molecule has 3 nitrogen and oxygen atoms in total. The van der Waals surface area contributed by atoms with Gasteiger partial charge in [-0.3, -0.25) is 0 Å². The predicted molar refractivity (Wildman–Crippen MR) is 127 cm³/mol. The van der Waals surface area contributed by atoms with Gasteiger partial charge in [0.25, 0.3) is 0 Å². The monoisotopic (exact) mass is 491 g/mol. The second-order valence-corrected chi connectivity index (χ2v) is 12.8. The molecule has 1 N–H and O–H groups in total. The highest BCUT2D eigenvalue weighted by molar-refractivity contribution is 9.09. The van der Waals surface area contributed by atoms with E-state index >= 15 is 0 Å². The van der Waals surface area contributed by atoms with Crippen LogP contribution in [0.5, 0.6) is 0 Å². The van der Waals surface area contributed by atoms with Gasteiger partial charge in [0, 0.05) is 15.1 Å². The van der Waals surface area contributed by atoms with Gasteiger partial charge in [0.1, 0.15) is 0 Å². The fraction of sp³-hybridized carbons (Fsp3) is 0.217. The van der Waals surface area contributed by atoms with E-state index in [9.17, 15) is 8.42 Å². The van der Waals surface area contributed by atoms with Crippen LogP contribution in [0.25, 0.3) is 0 Å². The molecule has 0 heterocycles. The zero-order valence-corrected chi connectivity index (χ0v) is 19.9. The first-order chi connectivity index (χ1) is 13.9. The smallest absolute Gasteiger partial charge is 0.206 e. The van der Waals surface area contributed by atoms with Crippen molar-refractivity contribution < 1.29 is 8.42 Å². The highest BCUT2D eigenvalue weighted by Crippen LogP contribution is 2.60. The molecule has 0 spiro atoms. The van der Waals surface area contributed by atoms with Crippen molar-refractivity contribution in [2.75, 3.05) is 11.1 Å². The molecule has 154 valence electrons. The number of alkyl halides is 1.